The van der Waals surface area contributed by atoms with Crippen LogP contribution in [0.4, 0.5) is 4.39 Å². The molecule has 0 saturated heterocycles. The molecule has 0 aliphatic heterocycles. The summed E-state index contributed by atoms with van der Waals surface area (Å²) in [6.45, 7) is 3.60. The topological polar surface area (TPSA) is 0 Å². The number of halogens is 1. The first kappa shape index (κ1) is 7.67. The molecule has 0 heterocycles. The maximum absolute atomic E-state index is 11.6. The summed E-state index contributed by atoms with van der Waals surface area (Å²) in [6.07, 6.45) is 4.42. The van der Waals surface area contributed by atoms with Gasteiger partial charge >= 0.3 is 0 Å². The van der Waals surface area contributed by atoms with Crippen molar-refractivity contribution in [1.82, 2.24) is 0 Å². The van der Waals surface area contributed by atoms with E-state index in [1.54, 1.807) is 0 Å². The molecule has 0 aliphatic carbocycles. The normalized spacial score (nSPS) is 12.1. The molecule has 0 aromatic rings. The van der Waals surface area contributed by atoms with Crippen LogP contribution in [0, 0.1) is 6.08 Å². The van der Waals surface area contributed by atoms with Gasteiger partial charge in [0.05, 0.1) is 6.67 Å². The Balaban J connectivity index is 3.38. The summed E-state index contributed by atoms with van der Waals surface area (Å²) < 4.78 is 11.6. The number of alkyl halides is 1. The van der Waals surface area contributed by atoms with Crippen LogP contribution in [-0.4, -0.2) is 6.67 Å². The van der Waals surface area contributed by atoms with E-state index in [1.165, 1.54) is 0 Å². The molecule has 47 valence electrons. The van der Waals surface area contributed by atoms with Crippen molar-refractivity contribution in [1.29, 1.82) is 0 Å². The van der Waals surface area contributed by atoms with Gasteiger partial charge in [-0.2, -0.15) is 0 Å². The predicted molar refractivity (Wildman–Crippen MR) is 33.3 cm³/mol. The van der Waals surface area contributed by atoms with Crippen molar-refractivity contribution in [2.45, 2.75) is 26.7 Å². The van der Waals surface area contributed by atoms with Gasteiger partial charge in [-0.3, -0.25) is 4.39 Å². The van der Waals surface area contributed by atoms with Crippen LogP contribution < -0.4 is 0 Å². The van der Waals surface area contributed by atoms with Crippen LogP contribution >= 0.6 is 0 Å². The molecule has 0 N–H and O–H groups in total. The van der Waals surface area contributed by atoms with Gasteiger partial charge in [0, 0.05) is 0 Å². The SMILES string of the molecule is C[C]=C(CC)CCF. The average Bonchev–Trinajstić information content (AvgIpc) is 1.83. The number of hydrogen-bond donors (Lipinski definition) is 0. The molecule has 0 spiro atoms. The molecule has 0 saturated carbocycles. The zero-order valence-electron chi connectivity index (χ0n) is 5.50. The quantitative estimate of drug-likeness (QED) is 0.530. The minimum Gasteiger partial charge on any atom is -0.251 e. The van der Waals surface area contributed by atoms with E-state index in [1.807, 2.05) is 13.8 Å². The molecular weight excluding hydrogens is 103 g/mol. The molecule has 8 heavy (non-hydrogen) atoms. The highest BCUT2D eigenvalue weighted by Crippen LogP contribution is 2.04. The second-order valence-corrected chi connectivity index (χ2v) is 1.65. The fourth-order valence-corrected chi connectivity index (χ4v) is 0.593. The van der Waals surface area contributed by atoms with Crippen molar-refractivity contribution in [3.05, 3.63) is 11.6 Å². The fourth-order valence-electron chi connectivity index (χ4n) is 0.593. The van der Waals surface area contributed by atoms with Crippen LogP contribution in [0.2, 0.25) is 0 Å². The smallest absolute Gasteiger partial charge is 0.0931 e. The van der Waals surface area contributed by atoms with E-state index in [0.717, 1.165) is 12.0 Å². The Kier molecular flexibility index (Phi) is 4.62. The van der Waals surface area contributed by atoms with E-state index in [0.29, 0.717) is 6.42 Å². The zero-order chi connectivity index (χ0) is 6.41. The van der Waals surface area contributed by atoms with Crippen molar-refractivity contribution in [2.24, 2.45) is 0 Å². The Hall–Kier alpha value is -0.330. The van der Waals surface area contributed by atoms with E-state index in [4.69, 9.17) is 0 Å². The van der Waals surface area contributed by atoms with Crippen molar-refractivity contribution in [2.75, 3.05) is 6.67 Å². The minimum absolute atomic E-state index is 0.246. The average molecular weight is 115 g/mol. The standard InChI is InChI=1S/C7H12F/c1-3-7(4-2)5-6-8/h3,5-6H2,1-2H3. The highest BCUT2D eigenvalue weighted by molar-refractivity contribution is 4.93. The van der Waals surface area contributed by atoms with Gasteiger partial charge in [-0.1, -0.05) is 12.5 Å². The monoisotopic (exact) mass is 115 g/mol. The van der Waals surface area contributed by atoms with Crippen molar-refractivity contribution in [3.63, 3.8) is 0 Å². The first-order valence-electron chi connectivity index (χ1n) is 2.93. The van der Waals surface area contributed by atoms with Crippen LogP contribution in [0.5, 0.6) is 0 Å². The Bertz CT molecular complexity index is 74.5. The van der Waals surface area contributed by atoms with Crippen LogP contribution in [0.15, 0.2) is 5.57 Å². The second-order valence-electron chi connectivity index (χ2n) is 1.65. The highest BCUT2D eigenvalue weighted by Gasteiger charge is 1.89. The molecule has 0 rings (SSSR count). The molecule has 0 aliphatic rings. The molecule has 0 bridgehead atoms. The molecule has 0 nitrogen and oxygen atoms in total. The minimum atomic E-state index is -0.246. The van der Waals surface area contributed by atoms with Crippen LogP contribution in [-0.2, 0) is 0 Å². The Morgan fingerprint density at radius 3 is 2.38 bits per heavy atom. The van der Waals surface area contributed by atoms with E-state index in [2.05, 4.69) is 6.08 Å². The molecular formula is C7H12F. The maximum Gasteiger partial charge on any atom is 0.0931 e. The number of hydrogen-bond acceptors (Lipinski definition) is 0. The lowest BCUT2D eigenvalue weighted by Crippen LogP contribution is -1.81. The van der Waals surface area contributed by atoms with Gasteiger partial charge in [-0.05, 0) is 25.8 Å². The van der Waals surface area contributed by atoms with Crippen molar-refractivity contribution < 1.29 is 4.39 Å². The van der Waals surface area contributed by atoms with E-state index < -0.39 is 0 Å². The van der Waals surface area contributed by atoms with E-state index in [9.17, 15) is 4.39 Å². The molecule has 0 fully saturated rings. The Morgan fingerprint density at radius 2 is 2.25 bits per heavy atom. The summed E-state index contributed by atoms with van der Waals surface area (Å²) >= 11 is 0. The lowest BCUT2D eigenvalue weighted by Gasteiger charge is -1.95. The van der Waals surface area contributed by atoms with Gasteiger partial charge in [0.2, 0.25) is 0 Å². The second kappa shape index (κ2) is 4.82. The van der Waals surface area contributed by atoms with Crippen LogP contribution in [0.3, 0.4) is 0 Å². The third-order valence-corrected chi connectivity index (χ3v) is 1.18. The van der Waals surface area contributed by atoms with Gasteiger partial charge in [-0.25, -0.2) is 0 Å². The van der Waals surface area contributed by atoms with E-state index in [-0.39, 0.29) is 6.67 Å². The van der Waals surface area contributed by atoms with Crippen LogP contribution in [0.1, 0.15) is 26.7 Å². The van der Waals surface area contributed by atoms with E-state index >= 15 is 0 Å². The first-order valence-corrected chi connectivity index (χ1v) is 2.93. The summed E-state index contributed by atoms with van der Waals surface area (Å²) in [5, 5.41) is 0. The third kappa shape index (κ3) is 2.78. The predicted octanol–water partition coefficient (Wildman–Crippen LogP) is 2.51. The summed E-state index contributed by atoms with van der Waals surface area (Å²) in [5.41, 5.74) is 1.09. The first-order chi connectivity index (χ1) is 3.85. The lowest BCUT2D eigenvalue weighted by molar-refractivity contribution is 0.490. The van der Waals surface area contributed by atoms with Gasteiger partial charge < -0.3 is 0 Å². The molecule has 1 radical (unpaired) electrons. The van der Waals surface area contributed by atoms with Crippen molar-refractivity contribution in [3.8, 4) is 0 Å². The summed E-state index contributed by atoms with van der Waals surface area (Å²) in [4.78, 5) is 0. The highest BCUT2D eigenvalue weighted by atomic mass is 19.1. The molecule has 0 aromatic carbocycles. The Morgan fingerprint density at radius 1 is 1.62 bits per heavy atom. The summed E-state index contributed by atoms with van der Waals surface area (Å²) in [6, 6.07) is 0. The third-order valence-electron chi connectivity index (χ3n) is 1.18. The summed E-state index contributed by atoms with van der Waals surface area (Å²) in [5.74, 6) is 0. The van der Waals surface area contributed by atoms with Gasteiger partial charge in [0.1, 0.15) is 0 Å². The fraction of sp³-hybridized carbons (Fsp3) is 0.714. The molecule has 1 heteroatoms. The molecule has 0 aromatic heterocycles. The van der Waals surface area contributed by atoms with Crippen LogP contribution in [0.25, 0.3) is 0 Å². The van der Waals surface area contributed by atoms with Crippen molar-refractivity contribution >= 4 is 0 Å². The Labute approximate surface area is 50.4 Å². The zero-order valence-corrected chi connectivity index (χ0v) is 5.50. The van der Waals surface area contributed by atoms with Gasteiger partial charge in [-0.15, -0.1) is 0 Å². The largest absolute Gasteiger partial charge is 0.251 e. The number of rotatable bonds is 3. The molecule has 0 amide bonds. The van der Waals surface area contributed by atoms with Gasteiger partial charge in [0.25, 0.3) is 0 Å². The lowest BCUT2D eigenvalue weighted by atomic mass is 10.1. The molecule has 0 atom stereocenters. The number of allylic oxidation sites excluding steroid dienone is 2. The summed E-state index contributed by atoms with van der Waals surface area (Å²) in [7, 11) is 0. The molecule has 0 unspecified atom stereocenters. The van der Waals surface area contributed by atoms with Gasteiger partial charge in [0.15, 0.2) is 0 Å². The maximum atomic E-state index is 11.6.